The minimum Gasteiger partial charge on any atom is -0.310 e. The second kappa shape index (κ2) is 6.54. The van der Waals surface area contributed by atoms with Gasteiger partial charge in [-0.1, -0.05) is 41.8 Å². The Bertz CT molecular complexity index is 462. The third kappa shape index (κ3) is 4.03. The summed E-state index contributed by atoms with van der Waals surface area (Å²) in [6.45, 7) is 0.439. The standard InChI is InChI=1S/C14H16Cl2F3N/c15-12-6-1-3-9(13(12)16)8-20-11-5-2-4-10(7-11)14(17,18)19/h1,3,6,10-11,20H,2,4-5,7-8H2. The molecule has 0 aromatic heterocycles. The zero-order valence-electron chi connectivity index (χ0n) is 10.8. The Labute approximate surface area is 126 Å². The van der Waals surface area contributed by atoms with E-state index in [-0.39, 0.29) is 18.9 Å². The van der Waals surface area contributed by atoms with E-state index >= 15 is 0 Å². The molecule has 1 fully saturated rings. The molecule has 0 saturated heterocycles. The molecule has 1 aliphatic carbocycles. The van der Waals surface area contributed by atoms with Gasteiger partial charge < -0.3 is 5.32 Å². The molecule has 0 bridgehead atoms. The van der Waals surface area contributed by atoms with Crippen molar-refractivity contribution in [2.75, 3.05) is 0 Å². The Morgan fingerprint density at radius 1 is 1.20 bits per heavy atom. The van der Waals surface area contributed by atoms with Crippen molar-refractivity contribution in [2.24, 2.45) is 5.92 Å². The van der Waals surface area contributed by atoms with Crippen LogP contribution < -0.4 is 5.32 Å². The second-order valence-electron chi connectivity index (χ2n) is 5.20. The van der Waals surface area contributed by atoms with Crippen LogP contribution in [-0.2, 0) is 6.54 Å². The van der Waals surface area contributed by atoms with E-state index in [1.54, 1.807) is 12.1 Å². The van der Waals surface area contributed by atoms with E-state index in [4.69, 9.17) is 23.2 Å². The highest BCUT2D eigenvalue weighted by atomic mass is 35.5. The van der Waals surface area contributed by atoms with Gasteiger partial charge in [-0.2, -0.15) is 13.2 Å². The first-order valence-corrected chi connectivity index (χ1v) is 7.36. The molecule has 1 saturated carbocycles. The van der Waals surface area contributed by atoms with Gasteiger partial charge in [-0.05, 0) is 30.9 Å². The molecule has 1 nitrogen and oxygen atoms in total. The molecule has 112 valence electrons. The van der Waals surface area contributed by atoms with E-state index in [2.05, 4.69) is 5.32 Å². The summed E-state index contributed by atoms with van der Waals surface area (Å²) in [6, 6.07) is 5.18. The van der Waals surface area contributed by atoms with Crippen molar-refractivity contribution in [3.63, 3.8) is 0 Å². The number of benzene rings is 1. The summed E-state index contributed by atoms with van der Waals surface area (Å²) in [4.78, 5) is 0. The summed E-state index contributed by atoms with van der Waals surface area (Å²) < 4.78 is 38.2. The molecule has 0 radical (unpaired) electrons. The van der Waals surface area contributed by atoms with E-state index in [0.717, 1.165) is 12.0 Å². The zero-order valence-corrected chi connectivity index (χ0v) is 12.3. The van der Waals surface area contributed by atoms with Crippen LogP contribution in [0.25, 0.3) is 0 Å². The zero-order chi connectivity index (χ0) is 14.8. The van der Waals surface area contributed by atoms with Gasteiger partial charge in [-0.25, -0.2) is 0 Å². The molecule has 20 heavy (non-hydrogen) atoms. The predicted octanol–water partition coefficient (Wildman–Crippen LogP) is 5.20. The number of halogens is 5. The highest BCUT2D eigenvalue weighted by Gasteiger charge is 2.41. The van der Waals surface area contributed by atoms with Crippen molar-refractivity contribution >= 4 is 23.2 Å². The first-order valence-electron chi connectivity index (χ1n) is 6.61. The SMILES string of the molecule is FC(F)(F)C1CCCC(NCc2cccc(Cl)c2Cl)C1. The lowest BCUT2D eigenvalue weighted by Crippen LogP contribution is -2.38. The van der Waals surface area contributed by atoms with Gasteiger partial charge in [0.2, 0.25) is 0 Å². The molecule has 2 rings (SSSR count). The third-order valence-electron chi connectivity index (χ3n) is 3.75. The lowest BCUT2D eigenvalue weighted by Gasteiger charge is -2.31. The van der Waals surface area contributed by atoms with Crippen molar-refractivity contribution in [2.45, 2.75) is 44.4 Å². The third-order valence-corrected chi connectivity index (χ3v) is 4.61. The maximum absolute atomic E-state index is 12.7. The summed E-state index contributed by atoms with van der Waals surface area (Å²) in [6.07, 6.45) is -2.34. The topological polar surface area (TPSA) is 12.0 Å². The molecule has 1 aromatic rings. The van der Waals surface area contributed by atoms with Crippen molar-refractivity contribution in [3.8, 4) is 0 Å². The second-order valence-corrected chi connectivity index (χ2v) is 5.98. The predicted molar refractivity (Wildman–Crippen MR) is 75.1 cm³/mol. The normalized spacial score (nSPS) is 23.9. The molecule has 0 aliphatic heterocycles. The smallest absolute Gasteiger partial charge is 0.310 e. The van der Waals surface area contributed by atoms with Gasteiger partial charge in [0.05, 0.1) is 16.0 Å². The number of alkyl halides is 3. The number of nitrogens with one attached hydrogen (secondary N) is 1. The Balaban J connectivity index is 1.92. The lowest BCUT2D eigenvalue weighted by molar-refractivity contribution is -0.183. The highest BCUT2D eigenvalue weighted by molar-refractivity contribution is 6.42. The van der Waals surface area contributed by atoms with Crippen LogP contribution in [-0.4, -0.2) is 12.2 Å². The summed E-state index contributed by atoms with van der Waals surface area (Å²) in [5.41, 5.74) is 0.813. The van der Waals surface area contributed by atoms with Crippen LogP contribution in [0, 0.1) is 5.92 Å². The number of hydrogen-bond acceptors (Lipinski definition) is 1. The Hall–Kier alpha value is -0.450. The van der Waals surface area contributed by atoms with Crippen molar-refractivity contribution < 1.29 is 13.2 Å². The van der Waals surface area contributed by atoms with Gasteiger partial charge in [-0.3, -0.25) is 0 Å². The fourth-order valence-electron chi connectivity index (χ4n) is 2.61. The van der Waals surface area contributed by atoms with Gasteiger partial charge in [0, 0.05) is 12.6 Å². The van der Waals surface area contributed by atoms with Gasteiger partial charge in [-0.15, -0.1) is 0 Å². The minimum absolute atomic E-state index is 0.120. The van der Waals surface area contributed by atoms with E-state index in [1.807, 2.05) is 6.07 Å². The van der Waals surface area contributed by atoms with Crippen LogP contribution in [0.2, 0.25) is 10.0 Å². The Morgan fingerprint density at radius 3 is 2.65 bits per heavy atom. The van der Waals surface area contributed by atoms with Crippen LogP contribution >= 0.6 is 23.2 Å². The van der Waals surface area contributed by atoms with Gasteiger partial charge in [0.1, 0.15) is 0 Å². The maximum Gasteiger partial charge on any atom is 0.391 e. The summed E-state index contributed by atoms with van der Waals surface area (Å²) in [5, 5.41) is 4.09. The quantitative estimate of drug-likeness (QED) is 0.804. The first-order chi connectivity index (χ1) is 9.38. The van der Waals surface area contributed by atoms with Crippen molar-refractivity contribution in [1.29, 1.82) is 0 Å². The van der Waals surface area contributed by atoms with Crippen LogP contribution in [0.3, 0.4) is 0 Å². The summed E-state index contributed by atoms with van der Waals surface area (Å²) >= 11 is 12.0. The molecule has 1 aromatic carbocycles. The largest absolute Gasteiger partial charge is 0.391 e. The monoisotopic (exact) mass is 325 g/mol. The number of rotatable bonds is 3. The van der Waals surface area contributed by atoms with Crippen molar-refractivity contribution in [1.82, 2.24) is 5.32 Å². The Morgan fingerprint density at radius 2 is 1.95 bits per heavy atom. The van der Waals surface area contributed by atoms with E-state index in [9.17, 15) is 13.2 Å². The highest BCUT2D eigenvalue weighted by Crippen LogP contribution is 2.37. The van der Waals surface area contributed by atoms with Crippen LogP contribution in [0.1, 0.15) is 31.2 Å². The maximum atomic E-state index is 12.7. The van der Waals surface area contributed by atoms with Crippen LogP contribution in [0.5, 0.6) is 0 Å². The molecule has 6 heteroatoms. The van der Waals surface area contributed by atoms with Gasteiger partial charge in [0.25, 0.3) is 0 Å². The molecule has 0 spiro atoms. The lowest BCUT2D eigenvalue weighted by atomic mass is 9.85. The molecule has 0 amide bonds. The summed E-state index contributed by atoms with van der Waals surface area (Å²) in [5.74, 6) is -1.19. The molecule has 2 unspecified atom stereocenters. The molecule has 1 aliphatic rings. The molecule has 1 N–H and O–H groups in total. The van der Waals surface area contributed by atoms with Crippen LogP contribution in [0.15, 0.2) is 18.2 Å². The molecular weight excluding hydrogens is 310 g/mol. The number of hydrogen-bond donors (Lipinski definition) is 1. The van der Waals surface area contributed by atoms with Gasteiger partial charge >= 0.3 is 6.18 Å². The minimum atomic E-state index is -4.09. The fraction of sp³-hybridized carbons (Fsp3) is 0.571. The molecule has 0 heterocycles. The molecular formula is C14H16Cl2F3N. The fourth-order valence-corrected chi connectivity index (χ4v) is 3.00. The van der Waals surface area contributed by atoms with Crippen molar-refractivity contribution in [3.05, 3.63) is 33.8 Å². The van der Waals surface area contributed by atoms with Crippen LogP contribution in [0.4, 0.5) is 13.2 Å². The molecule has 2 atom stereocenters. The van der Waals surface area contributed by atoms with E-state index in [1.165, 1.54) is 0 Å². The average Bonchev–Trinajstić information content (AvgIpc) is 2.40. The Kier molecular flexibility index (Phi) is 5.21. The van der Waals surface area contributed by atoms with E-state index < -0.39 is 12.1 Å². The van der Waals surface area contributed by atoms with Gasteiger partial charge in [0.15, 0.2) is 0 Å². The van der Waals surface area contributed by atoms with E-state index in [0.29, 0.717) is 23.0 Å². The average molecular weight is 326 g/mol. The first kappa shape index (κ1) is 15.9. The summed E-state index contributed by atoms with van der Waals surface area (Å²) in [7, 11) is 0.